The molecule has 2 N–H and O–H groups in total. The third-order valence-electron chi connectivity index (χ3n) is 7.47. The van der Waals surface area contributed by atoms with Gasteiger partial charge < -0.3 is 19.9 Å². The Morgan fingerprint density at radius 3 is 2.72 bits per heavy atom. The molecule has 2 aromatic heterocycles. The summed E-state index contributed by atoms with van der Waals surface area (Å²) in [6.45, 7) is 11.8. The summed E-state index contributed by atoms with van der Waals surface area (Å²) in [5, 5.41) is 3.19. The maximum atomic E-state index is 13.6. The Bertz CT molecular complexity index is 1320. The van der Waals surface area contributed by atoms with Gasteiger partial charge in [0.05, 0.1) is 23.7 Å². The molecule has 2 fully saturated rings. The standard InChI is InChI=1S/C28H35N5O3/c1-6-22(34)33-12-21(28(4,5)14-33)32-27(35)23-17(3)31-26-24(29-15-30-25(23)26)19-11-16(2)7-10-20(19)36-13-18-8-9-18/h7,10-11,15,18,21,31H,6,8-9,12-14H2,1-5H3,(H,32,35). The van der Waals surface area contributed by atoms with Gasteiger partial charge in [0.1, 0.15) is 23.3 Å². The maximum absolute atomic E-state index is 13.6. The summed E-state index contributed by atoms with van der Waals surface area (Å²) in [6.07, 6.45) is 4.41. The zero-order chi connectivity index (χ0) is 25.6. The molecule has 1 unspecified atom stereocenters. The van der Waals surface area contributed by atoms with Gasteiger partial charge >= 0.3 is 0 Å². The molecule has 36 heavy (non-hydrogen) atoms. The Morgan fingerprint density at radius 1 is 1.22 bits per heavy atom. The van der Waals surface area contributed by atoms with Crippen LogP contribution >= 0.6 is 0 Å². The van der Waals surface area contributed by atoms with Gasteiger partial charge in [-0.1, -0.05) is 32.4 Å². The first-order chi connectivity index (χ1) is 17.2. The van der Waals surface area contributed by atoms with Gasteiger partial charge in [-0.2, -0.15) is 0 Å². The molecular formula is C28H35N5O3. The van der Waals surface area contributed by atoms with Crippen LogP contribution in [-0.2, 0) is 4.79 Å². The number of rotatable bonds is 7. The van der Waals surface area contributed by atoms with E-state index in [-0.39, 0.29) is 23.3 Å². The van der Waals surface area contributed by atoms with Crippen molar-refractivity contribution < 1.29 is 14.3 Å². The van der Waals surface area contributed by atoms with Crippen LogP contribution in [0.1, 0.15) is 61.6 Å². The van der Waals surface area contributed by atoms with Crippen molar-refractivity contribution in [3.05, 3.63) is 41.3 Å². The van der Waals surface area contributed by atoms with Gasteiger partial charge in [-0.3, -0.25) is 9.59 Å². The third-order valence-corrected chi connectivity index (χ3v) is 7.47. The zero-order valence-corrected chi connectivity index (χ0v) is 21.8. The fourth-order valence-corrected chi connectivity index (χ4v) is 5.07. The van der Waals surface area contributed by atoms with E-state index in [0.29, 0.717) is 43.1 Å². The van der Waals surface area contributed by atoms with Crippen molar-refractivity contribution in [2.45, 2.75) is 59.9 Å². The molecule has 1 aromatic carbocycles. The molecular weight excluding hydrogens is 454 g/mol. The van der Waals surface area contributed by atoms with Crippen LogP contribution in [0.2, 0.25) is 0 Å². The first-order valence-electron chi connectivity index (χ1n) is 12.8. The van der Waals surface area contributed by atoms with E-state index < -0.39 is 0 Å². The topological polar surface area (TPSA) is 100 Å². The monoisotopic (exact) mass is 489 g/mol. The van der Waals surface area contributed by atoms with E-state index in [4.69, 9.17) is 4.74 Å². The molecule has 1 saturated carbocycles. The van der Waals surface area contributed by atoms with Gasteiger partial charge in [-0.15, -0.1) is 0 Å². The Hall–Kier alpha value is -3.42. The van der Waals surface area contributed by atoms with Crippen LogP contribution in [0.3, 0.4) is 0 Å². The number of carbonyl (C=O) groups is 2. The number of aromatic nitrogens is 3. The van der Waals surface area contributed by atoms with Crippen molar-refractivity contribution in [2.75, 3.05) is 19.7 Å². The molecule has 190 valence electrons. The van der Waals surface area contributed by atoms with Crippen LogP contribution in [0.25, 0.3) is 22.3 Å². The van der Waals surface area contributed by atoms with E-state index in [1.54, 1.807) is 0 Å². The number of H-pyrrole nitrogens is 1. The Kier molecular flexibility index (Phi) is 6.22. The van der Waals surface area contributed by atoms with Crippen LogP contribution < -0.4 is 10.1 Å². The molecule has 1 saturated heterocycles. The molecule has 1 aliphatic carbocycles. The minimum absolute atomic E-state index is 0.110. The summed E-state index contributed by atoms with van der Waals surface area (Å²) in [6, 6.07) is 5.96. The number of aromatic amines is 1. The highest BCUT2D eigenvalue weighted by Gasteiger charge is 2.42. The fraction of sp³-hybridized carbons (Fsp3) is 0.500. The number of nitrogens with zero attached hydrogens (tertiary/aromatic N) is 3. The summed E-state index contributed by atoms with van der Waals surface area (Å²) in [7, 11) is 0. The van der Waals surface area contributed by atoms with Crippen molar-refractivity contribution in [3.8, 4) is 17.0 Å². The van der Waals surface area contributed by atoms with E-state index in [1.807, 2.05) is 37.8 Å². The lowest BCUT2D eigenvalue weighted by Gasteiger charge is -2.26. The minimum atomic E-state index is -0.226. The fourth-order valence-electron chi connectivity index (χ4n) is 5.07. The third kappa shape index (κ3) is 4.56. The molecule has 3 heterocycles. The number of benzene rings is 1. The highest BCUT2D eigenvalue weighted by Crippen LogP contribution is 2.37. The predicted octanol–water partition coefficient (Wildman–Crippen LogP) is 4.41. The van der Waals surface area contributed by atoms with Gasteiger partial charge in [-0.25, -0.2) is 9.97 Å². The van der Waals surface area contributed by atoms with Crippen molar-refractivity contribution in [1.29, 1.82) is 0 Å². The molecule has 0 bridgehead atoms. The van der Waals surface area contributed by atoms with Crippen LogP contribution in [-0.4, -0.2) is 57.4 Å². The van der Waals surface area contributed by atoms with Crippen molar-refractivity contribution in [3.63, 3.8) is 0 Å². The van der Waals surface area contributed by atoms with E-state index >= 15 is 0 Å². The summed E-state index contributed by atoms with van der Waals surface area (Å²) in [5.74, 6) is 1.34. The zero-order valence-electron chi connectivity index (χ0n) is 21.8. The molecule has 0 radical (unpaired) electrons. The molecule has 1 atom stereocenters. The molecule has 1 aliphatic heterocycles. The second kappa shape index (κ2) is 9.22. The molecule has 3 aromatic rings. The molecule has 5 rings (SSSR count). The highest BCUT2D eigenvalue weighted by molar-refractivity contribution is 6.09. The maximum Gasteiger partial charge on any atom is 0.255 e. The lowest BCUT2D eigenvalue weighted by atomic mass is 9.87. The molecule has 0 spiro atoms. The number of hydrogen-bond acceptors (Lipinski definition) is 5. The largest absolute Gasteiger partial charge is 0.493 e. The van der Waals surface area contributed by atoms with Crippen LogP contribution in [0.15, 0.2) is 24.5 Å². The quantitative estimate of drug-likeness (QED) is 0.512. The number of likely N-dealkylation sites (tertiary alicyclic amines) is 1. The smallest absolute Gasteiger partial charge is 0.255 e. The van der Waals surface area contributed by atoms with Gasteiger partial charge in [0, 0.05) is 36.2 Å². The summed E-state index contributed by atoms with van der Waals surface area (Å²) in [4.78, 5) is 40.2. The number of carbonyl (C=O) groups excluding carboxylic acids is 2. The minimum Gasteiger partial charge on any atom is -0.493 e. The number of nitrogens with one attached hydrogen (secondary N) is 2. The normalized spacial score (nSPS) is 19.0. The van der Waals surface area contributed by atoms with Crippen LogP contribution in [0.5, 0.6) is 5.75 Å². The summed E-state index contributed by atoms with van der Waals surface area (Å²) in [5.41, 5.74) is 5.03. The van der Waals surface area contributed by atoms with E-state index in [0.717, 1.165) is 33.8 Å². The van der Waals surface area contributed by atoms with Gasteiger partial charge in [-0.05, 0) is 44.7 Å². The second-order valence-corrected chi connectivity index (χ2v) is 11.0. The van der Waals surface area contributed by atoms with Gasteiger partial charge in [0.15, 0.2) is 0 Å². The average molecular weight is 490 g/mol. The van der Waals surface area contributed by atoms with E-state index in [2.05, 4.69) is 40.2 Å². The van der Waals surface area contributed by atoms with Gasteiger partial charge in [0.25, 0.3) is 5.91 Å². The number of aryl methyl sites for hydroxylation is 2. The van der Waals surface area contributed by atoms with Crippen molar-refractivity contribution in [2.24, 2.45) is 11.3 Å². The number of fused-ring (bicyclic) bond motifs is 1. The molecule has 8 nitrogen and oxygen atoms in total. The van der Waals surface area contributed by atoms with Gasteiger partial charge in [0.2, 0.25) is 5.91 Å². The van der Waals surface area contributed by atoms with E-state index in [1.165, 1.54) is 19.2 Å². The number of amides is 2. The molecule has 2 amide bonds. The van der Waals surface area contributed by atoms with Crippen LogP contribution in [0.4, 0.5) is 0 Å². The van der Waals surface area contributed by atoms with Crippen LogP contribution in [0, 0.1) is 25.2 Å². The molecule has 8 heteroatoms. The number of hydrogen-bond donors (Lipinski definition) is 2. The summed E-state index contributed by atoms with van der Waals surface area (Å²) >= 11 is 0. The second-order valence-electron chi connectivity index (χ2n) is 11.0. The summed E-state index contributed by atoms with van der Waals surface area (Å²) < 4.78 is 6.17. The first kappa shape index (κ1) is 24.3. The Labute approximate surface area is 211 Å². The lowest BCUT2D eigenvalue weighted by Crippen LogP contribution is -2.44. The predicted molar refractivity (Wildman–Crippen MR) is 139 cm³/mol. The average Bonchev–Trinajstić information content (AvgIpc) is 3.53. The lowest BCUT2D eigenvalue weighted by molar-refractivity contribution is -0.130. The van der Waals surface area contributed by atoms with Crippen molar-refractivity contribution >= 4 is 22.8 Å². The number of ether oxygens (including phenoxy) is 1. The first-order valence-corrected chi connectivity index (χ1v) is 12.8. The highest BCUT2D eigenvalue weighted by atomic mass is 16.5. The van der Waals surface area contributed by atoms with E-state index in [9.17, 15) is 9.59 Å². The molecule has 2 aliphatic rings. The van der Waals surface area contributed by atoms with Crippen molar-refractivity contribution in [1.82, 2.24) is 25.2 Å². The Morgan fingerprint density at radius 2 is 2.00 bits per heavy atom. The Balaban J connectivity index is 1.47. The SMILES string of the molecule is CCC(=O)N1CC(NC(=O)c2c(C)[nH]c3c(-c4cc(C)ccc4OCC4CC4)ncnc23)C(C)(C)C1.